The normalized spacial score (nSPS) is 12.8. The van der Waals surface area contributed by atoms with Crippen molar-refractivity contribution in [1.82, 2.24) is 5.32 Å². The highest BCUT2D eigenvalue weighted by Gasteiger charge is 2.19. The van der Waals surface area contributed by atoms with Crippen molar-refractivity contribution in [3.63, 3.8) is 0 Å². The predicted octanol–water partition coefficient (Wildman–Crippen LogP) is 6.08. The molecule has 3 N–H and O–H groups in total. The Morgan fingerprint density at radius 2 is 1.57 bits per heavy atom. The van der Waals surface area contributed by atoms with E-state index in [1.165, 1.54) is 36.0 Å². The van der Waals surface area contributed by atoms with E-state index in [0.29, 0.717) is 28.4 Å². The largest absolute Gasteiger partial charge is 0.454 e. The fourth-order valence-corrected chi connectivity index (χ4v) is 4.94. The molecule has 0 radical (unpaired) electrons. The minimum atomic E-state index is -0.640. The second-order valence-electron chi connectivity index (χ2n) is 9.20. The highest BCUT2D eigenvalue weighted by atomic mass is 32.2. The molecule has 0 fully saturated rings. The van der Waals surface area contributed by atoms with E-state index in [9.17, 15) is 18.8 Å². The number of benzene rings is 4. The van der Waals surface area contributed by atoms with Gasteiger partial charge in [-0.1, -0.05) is 42.5 Å². The average molecular weight is 584 g/mol. The first-order valence-corrected chi connectivity index (χ1v) is 13.8. The topological polar surface area (TPSA) is 106 Å². The van der Waals surface area contributed by atoms with Gasteiger partial charge in [0.05, 0.1) is 5.25 Å². The highest BCUT2D eigenvalue weighted by molar-refractivity contribution is 8.00. The molecule has 0 bridgehead atoms. The van der Waals surface area contributed by atoms with Gasteiger partial charge in [-0.3, -0.25) is 14.4 Å². The van der Waals surface area contributed by atoms with Crippen LogP contribution >= 0.6 is 11.8 Å². The molecule has 0 aliphatic carbocycles. The van der Waals surface area contributed by atoms with E-state index in [1.807, 2.05) is 6.07 Å². The SMILES string of the molecule is CC(Sc1cccc(NC(=O)/C(=C/c2ccccc2F)NC(=O)c2ccccc2)c1)C(=O)Nc1ccc2c(c1)OCO2. The smallest absolute Gasteiger partial charge is 0.272 e. The van der Waals surface area contributed by atoms with E-state index in [4.69, 9.17) is 9.47 Å². The molecule has 1 aliphatic heterocycles. The summed E-state index contributed by atoms with van der Waals surface area (Å²) in [4.78, 5) is 39.7. The molecule has 1 atom stereocenters. The monoisotopic (exact) mass is 583 g/mol. The van der Waals surface area contributed by atoms with Gasteiger partial charge in [0.2, 0.25) is 12.7 Å². The molecule has 0 spiro atoms. The number of anilines is 2. The molecule has 1 unspecified atom stereocenters. The number of carbonyl (C=O) groups excluding carboxylic acids is 3. The molecule has 5 rings (SSSR count). The van der Waals surface area contributed by atoms with Crippen LogP contribution in [0.25, 0.3) is 6.08 Å². The van der Waals surface area contributed by atoms with E-state index in [1.54, 1.807) is 79.7 Å². The third-order valence-electron chi connectivity index (χ3n) is 6.15. The lowest BCUT2D eigenvalue weighted by molar-refractivity contribution is -0.115. The van der Waals surface area contributed by atoms with Crippen molar-refractivity contribution in [2.24, 2.45) is 0 Å². The Bertz CT molecular complexity index is 1660. The summed E-state index contributed by atoms with van der Waals surface area (Å²) in [5, 5.41) is 7.76. The van der Waals surface area contributed by atoms with E-state index >= 15 is 0 Å². The van der Waals surface area contributed by atoms with Crippen molar-refractivity contribution in [1.29, 1.82) is 0 Å². The maximum absolute atomic E-state index is 14.4. The number of rotatable bonds is 9. The second kappa shape index (κ2) is 13.0. The summed E-state index contributed by atoms with van der Waals surface area (Å²) in [6.07, 6.45) is 1.28. The van der Waals surface area contributed by atoms with Gasteiger partial charge in [-0.25, -0.2) is 4.39 Å². The number of carbonyl (C=O) groups is 3. The van der Waals surface area contributed by atoms with Crippen LogP contribution in [0, 0.1) is 5.82 Å². The molecule has 212 valence electrons. The van der Waals surface area contributed by atoms with Crippen molar-refractivity contribution >= 4 is 46.9 Å². The lowest BCUT2D eigenvalue weighted by Gasteiger charge is -2.14. The number of nitrogens with one attached hydrogen (secondary N) is 3. The molecule has 0 aromatic heterocycles. The molecule has 4 aromatic rings. The van der Waals surface area contributed by atoms with Gasteiger partial charge in [-0.05, 0) is 61.5 Å². The number of halogens is 1. The summed E-state index contributed by atoms with van der Waals surface area (Å²) in [5.41, 5.74) is 1.37. The Morgan fingerprint density at radius 1 is 0.833 bits per heavy atom. The first-order valence-electron chi connectivity index (χ1n) is 13.0. The van der Waals surface area contributed by atoms with Crippen LogP contribution in [0.5, 0.6) is 11.5 Å². The van der Waals surface area contributed by atoms with Gasteiger partial charge >= 0.3 is 0 Å². The summed E-state index contributed by atoms with van der Waals surface area (Å²) in [6.45, 7) is 1.91. The molecule has 0 saturated carbocycles. The van der Waals surface area contributed by atoms with Crippen molar-refractivity contribution in [3.05, 3.63) is 120 Å². The van der Waals surface area contributed by atoms with E-state index in [2.05, 4.69) is 16.0 Å². The van der Waals surface area contributed by atoms with Gasteiger partial charge in [0.15, 0.2) is 11.5 Å². The minimum absolute atomic E-state index is 0.136. The fourth-order valence-electron chi connectivity index (χ4n) is 4.01. The van der Waals surface area contributed by atoms with Crippen LogP contribution in [0.2, 0.25) is 0 Å². The van der Waals surface area contributed by atoms with Crippen LogP contribution in [0.15, 0.2) is 108 Å². The molecule has 3 amide bonds. The molecule has 1 heterocycles. The first-order chi connectivity index (χ1) is 20.4. The Kier molecular flexibility index (Phi) is 8.84. The Hall–Kier alpha value is -5.09. The zero-order valence-corrected chi connectivity index (χ0v) is 23.2. The van der Waals surface area contributed by atoms with Gasteiger partial charge < -0.3 is 25.4 Å². The number of fused-ring (bicyclic) bond motifs is 1. The average Bonchev–Trinajstić information content (AvgIpc) is 3.46. The van der Waals surface area contributed by atoms with Crippen LogP contribution in [-0.4, -0.2) is 29.8 Å². The van der Waals surface area contributed by atoms with Crippen LogP contribution in [0.3, 0.4) is 0 Å². The number of thioether (sulfide) groups is 1. The number of amides is 3. The molecule has 4 aromatic carbocycles. The number of hydrogen-bond donors (Lipinski definition) is 3. The van der Waals surface area contributed by atoms with Crippen LogP contribution < -0.4 is 25.4 Å². The molecular formula is C32H26FN3O5S. The zero-order valence-electron chi connectivity index (χ0n) is 22.4. The highest BCUT2D eigenvalue weighted by Crippen LogP contribution is 2.34. The quantitative estimate of drug-likeness (QED) is 0.163. The molecule has 10 heteroatoms. The van der Waals surface area contributed by atoms with Crippen molar-refractivity contribution in [3.8, 4) is 11.5 Å². The van der Waals surface area contributed by atoms with Crippen LogP contribution in [0.1, 0.15) is 22.8 Å². The van der Waals surface area contributed by atoms with Crippen LogP contribution in [-0.2, 0) is 9.59 Å². The molecule has 0 saturated heterocycles. The molecular weight excluding hydrogens is 557 g/mol. The lowest BCUT2D eigenvalue weighted by atomic mass is 10.1. The number of hydrogen-bond acceptors (Lipinski definition) is 6. The van der Waals surface area contributed by atoms with Crippen LogP contribution in [0.4, 0.5) is 15.8 Å². The first kappa shape index (κ1) is 28.4. The molecule has 1 aliphatic rings. The standard InChI is InChI=1S/C32H26FN3O5S/c1-20(30(37)34-24-14-15-28-29(18-24)41-19-40-28)42-25-12-7-11-23(17-25)35-32(39)27(16-22-10-5-6-13-26(22)33)36-31(38)21-8-3-2-4-9-21/h2-18,20H,19H2,1H3,(H,34,37)(H,35,39)(H,36,38)/b27-16-. The lowest BCUT2D eigenvalue weighted by Crippen LogP contribution is -2.30. The maximum Gasteiger partial charge on any atom is 0.272 e. The minimum Gasteiger partial charge on any atom is -0.454 e. The van der Waals surface area contributed by atoms with Gasteiger partial charge in [0.1, 0.15) is 11.5 Å². The van der Waals surface area contributed by atoms with E-state index < -0.39 is 22.9 Å². The van der Waals surface area contributed by atoms with Crippen molar-refractivity contribution in [2.75, 3.05) is 17.4 Å². The van der Waals surface area contributed by atoms with E-state index in [-0.39, 0.29) is 24.0 Å². The number of ether oxygens (including phenoxy) is 2. The second-order valence-corrected chi connectivity index (χ2v) is 10.6. The van der Waals surface area contributed by atoms with Crippen molar-refractivity contribution < 1.29 is 28.2 Å². The Morgan fingerprint density at radius 3 is 2.38 bits per heavy atom. The predicted molar refractivity (Wildman–Crippen MR) is 160 cm³/mol. The summed E-state index contributed by atoms with van der Waals surface area (Å²) >= 11 is 1.31. The van der Waals surface area contributed by atoms with Gasteiger partial charge in [-0.15, -0.1) is 11.8 Å². The summed E-state index contributed by atoms with van der Waals surface area (Å²) in [6, 6.07) is 26.5. The summed E-state index contributed by atoms with van der Waals surface area (Å²) < 4.78 is 25.1. The summed E-state index contributed by atoms with van der Waals surface area (Å²) in [5.74, 6) is -0.714. The van der Waals surface area contributed by atoms with E-state index in [0.717, 1.165) is 4.90 Å². The third-order valence-corrected chi connectivity index (χ3v) is 7.24. The fraction of sp³-hybridized carbons (Fsp3) is 0.0938. The zero-order chi connectivity index (χ0) is 29.5. The Balaban J connectivity index is 1.28. The van der Waals surface area contributed by atoms with Gasteiger partial charge in [0, 0.05) is 33.5 Å². The maximum atomic E-state index is 14.4. The van der Waals surface area contributed by atoms with Crippen molar-refractivity contribution in [2.45, 2.75) is 17.1 Å². The summed E-state index contributed by atoms with van der Waals surface area (Å²) in [7, 11) is 0. The molecule has 8 nitrogen and oxygen atoms in total. The third kappa shape index (κ3) is 7.15. The Labute approximate surface area is 245 Å². The van der Waals surface area contributed by atoms with Gasteiger partial charge in [0.25, 0.3) is 11.8 Å². The molecule has 42 heavy (non-hydrogen) atoms. The van der Waals surface area contributed by atoms with Gasteiger partial charge in [-0.2, -0.15) is 0 Å².